The van der Waals surface area contributed by atoms with Gasteiger partial charge in [0.15, 0.2) is 11.6 Å². The number of cyclic esters (lactones) is 1. The summed E-state index contributed by atoms with van der Waals surface area (Å²) >= 11 is 3.36. The molecule has 0 spiro atoms. The molecular formula is C14H10BrNO3. The molecule has 0 aromatic heterocycles. The number of hydrogen-bond acceptors (Lipinski definition) is 4. The molecule has 0 radical (unpaired) electrons. The smallest absolute Gasteiger partial charge is 0.363 e. The topological polar surface area (TPSA) is 47.9 Å². The maximum absolute atomic E-state index is 11.5. The molecule has 0 saturated carbocycles. The second-order valence-corrected chi connectivity index (χ2v) is 4.64. The summed E-state index contributed by atoms with van der Waals surface area (Å²) in [5, 5.41) is 0. The Morgan fingerprint density at radius 2 is 2.37 bits per heavy atom. The number of aliphatic imine (C=N–C) groups is 1. The van der Waals surface area contributed by atoms with Crippen molar-refractivity contribution < 1.29 is 14.3 Å². The zero-order valence-electron chi connectivity index (χ0n) is 10.1. The summed E-state index contributed by atoms with van der Waals surface area (Å²) in [4.78, 5) is 15.5. The molecule has 2 rings (SSSR count). The Hall–Kier alpha value is -2.06. The predicted molar refractivity (Wildman–Crippen MR) is 75.6 cm³/mol. The van der Waals surface area contributed by atoms with Crippen LogP contribution in [0.2, 0.25) is 0 Å². The number of halogens is 1. The van der Waals surface area contributed by atoms with Gasteiger partial charge in [0.2, 0.25) is 0 Å². The van der Waals surface area contributed by atoms with Gasteiger partial charge in [0.05, 0.1) is 0 Å². The average molecular weight is 320 g/mol. The van der Waals surface area contributed by atoms with Crippen molar-refractivity contribution in [1.29, 1.82) is 0 Å². The van der Waals surface area contributed by atoms with E-state index in [1.807, 2.05) is 12.1 Å². The predicted octanol–water partition coefficient (Wildman–Crippen LogP) is 2.78. The molecule has 19 heavy (non-hydrogen) atoms. The van der Waals surface area contributed by atoms with Crippen LogP contribution in [0.15, 0.2) is 33.4 Å². The highest BCUT2D eigenvalue weighted by Crippen LogP contribution is 2.27. The summed E-state index contributed by atoms with van der Waals surface area (Å²) in [6.45, 7) is 1.78. The maximum Gasteiger partial charge on any atom is 0.363 e. The fourth-order valence-electron chi connectivity index (χ4n) is 1.55. The van der Waals surface area contributed by atoms with Crippen LogP contribution in [-0.2, 0) is 9.53 Å². The van der Waals surface area contributed by atoms with E-state index in [0.717, 1.165) is 4.47 Å². The van der Waals surface area contributed by atoms with Crippen molar-refractivity contribution in [3.8, 4) is 18.1 Å². The molecule has 0 bridgehead atoms. The Morgan fingerprint density at radius 1 is 1.58 bits per heavy atom. The number of carbonyl (C=O) groups is 1. The fourth-order valence-corrected chi connectivity index (χ4v) is 1.92. The van der Waals surface area contributed by atoms with Crippen molar-refractivity contribution >= 4 is 33.9 Å². The number of esters is 1. The SMILES string of the molecule is C#CCOc1ccc(Br)cc1/C=C1/N=C(C)OC1=O. The van der Waals surface area contributed by atoms with Crippen LogP contribution in [0.5, 0.6) is 5.75 Å². The van der Waals surface area contributed by atoms with Gasteiger partial charge in [-0.2, -0.15) is 0 Å². The lowest BCUT2D eigenvalue weighted by molar-refractivity contribution is -0.130. The van der Waals surface area contributed by atoms with Crippen LogP contribution in [0.25, 0.3) is 6.08 Å². The summed E-state index contributed by atoms with van der Waals surface area (Å²) in [7, 11) is 0. The monoisotopic (exact) mass is 319 g/mol. The van der Waals surface area contributed by atoms with Gasteiger partial charge in [0.25, 0.3) is 0 Å². The van der Waals surface area contributed by atoms with Gasteiger partial charge in [-0.15, -0.1) is 6.42 Å². The molecule has 1 aromatic carbocycles. The van der Waals surface area contributed by atoms with Crippen LogP contribution in [0.1, 0.15) is 12.5 Å². The number of hydrogen-bond donors (Lipinski definition) is 0. The van der Waals surface area contributed by atoms with Crippen LogP contribution in [0, 0.1) is 12.3 Å². The minimum atomic E-state index is -0.472. The maximum atomic E-state index is 11.5. The van der Waals surface area contributed by atoms with E-state index in [2.05, 4.69) is 26.8 Å². The first-order chi connectivity index (χ1) is 9.10. The second-order valence-electron chi connectivity index (χ2n) is 3.72. The van der Waals surface area contributed by atoms with E-state index in [9.17, 15) is 4.79 Å². The minimum Gasteiger partial charge on any atom is -0.480 e. The Balaban J connectivity index is 2.38. The number of terminal acetylenes is 1. The first-order valence-corrected chi connectivity index (χ1v) is 6.24. The lowest BCUT2D eigenvalue weighted by Crippen LogP contribution is -2.00. The molecule has 1 heterocycles. The Morgan fingerprint density at radius 3 is 3.00 bits per heavy atom. The molecule has 0 unspecified atom stereocenters. The highest BCUT2D eigenvalue weighted by molar-refractivity contribution is 9.10. The Labute approximate surface area is 119 Å². The summed E-state index contributed by atoms with van der Waals surface area (Å²) in [6, 6.07) is 5.41. The Kier molecular flexibility index (Phi) is 4.03. The van der Waals surface area contributed by atoms with E-state index in [0.29, 0.717) is 17.2 Å². The van der Waals surface area contributed by atoms with Crippen molar-refractivity contribution in [2.45, 2.75) is 6.92 Å². The quantitative estimate of drug-likeness (QED) is 0.489. The van der Waals surface area contributed by atoms with Gasteiger partial charge < -0.3 is 9.47 Å². The summed E-state index contributed by atoms with van der Waals surface area (Å²) < 4.78 is 11.1. The Bertz CT molecular complexity index is 626. The first kappa shape index (κ1) is 13.4. The molecule has 1 aromatic rings. The van der Waals surface area contributed by atoms with Gasteiger partial charge in [-0.05, 0) is 24.3 Å². The molecule has 0 saturated heterocycles. The third kappa shape index (κ3) is 3.24. The molecule has 1 aliphatic rings. The third-order valence-electron chi connectivity index (χ3n) is 2.30. The van der Waals surface area contributed by atoms with E-state index in [4.69, 9.17) is 15.9 Å². The highest BCUT2D eigenvalue weighted by atomic mass is 79.9. The molecule has 0 amide bonds. The summed E-state index contributed by atoms with van der Waals surface area (Å²) in [5.74, 6) is 2.84. The zero-order chi connectivity index (χ0) is 13.8. The molecule has 0 fully saturated rings. The molecule has 0 N–H and O–H groups in total. The lowest BCUT2D eigenvalue weighted by Gasteiger charge is -2.07. The summed E-state index contributed by atoms with van der Waals surface area (Å²) in [5.41, 5.74) is 0.941. The van der Waals surface area contributed by atoms with Gasteiger partial charge in [-0.3, -0.25) is 0 Å². The van der Waals surface area contributed by atoms with E-state index in [1.165, 1.54) is 0 Å². The largest absolute Gasteiger partial charge is 0.480 e. The number of nitrogens with zero attached hydrogens (tertiary/aromatic N) is 1. The number of benzene rings is 1. The molecule has 96 valence electrons. The minimum absolute atomic E-state index is 0.157. The fraction of sp³-hybridized carbons (Fsp3) is 0.143. The van der Waals surface area contributed by atoms with Crippen LogP contribution >= 0.6 is 15.9 Å². The number of ether oxygens (including phenoxy) is 2. The average Bonchev–Trinajstić information content (AvgIpc) is 2.67. The molecule has 5 heteroatoms. The van der Waals surface area contributed by atoms with E-state index >= 15 is 0 Å². The second kappa shape index (κ2) is 5.72. The molecular weight excluding hydrogens is 310 g/mol. The zero-order valence-corrected chi connectivity index (χ0v) is 11.7. The van der Waals surface area contributed by atoms with Crippen molar-refractivity contribution in [3.05, 3.63) is 33.9 Å². The lowest BCUT2D eigenvalue weighted by atomic mass is 10.1. The normalized spacial score (nSPS) is 15.9. The molecule has 0 aliphatic carbocycles. The van der Waals surface area contributed by atoms with Gasteiger partial charge in [0.1, 0.15) is 12.4 Å². The van der Waals surface area contributed by atoms with Crippen molar-refractivity contribution in [3.63, 3.8) is 0 Å². The van der Waals surface area contributed by atoms with Gasteiger partial charge in [-0.1, -0.05) is 21.9 Å². The van der Waals surface area contributed by atoms with Crippen LogP contribution in [0.3, 0.4) is 0 Å². The highest BCUT2D eigenvalue weighted by Gasteiger charge is 2.20. The van der Waals surface area contributed by atoms with Crippen LogP contribution in [0.4, 0.5) is 0 Å². The van der Waals surface area contributed by atoms with Crippen molar-refractivity contribution in [1.82, 2.24) is 0 Å². The van der Waals surface area contributed by atoms with E-state index < -0.39 is 5.97 Å². The van der Waals surface area contributed by atoms with Gasteiger partial charge >= 0.3 is 5.97 Å². The van der Waals surface area contributed by atoms with Gasteiger partial charge in [0, 0.05) is 17.0 Å². The molecule has 4 nitrogen and oxygen atoms in total. The molecule has 1 aliphatic heterocycles. The van der Waals surface area contributed by atoms with Crippen LogP contribution < -0.4 is 4.74 Å². The number of rotatable bonds is 3. The molecule has 0 atom stereocenters. The van der Waals surface area contributed by atoms with Crippen molar-refractivity contribution in [2.24, 2.45) is 4.99 Å². The van der Waals surface area contributed by atoms with E-state index in [1.54, 1.807) is 19.1 Å². The first-order valence-electron chi connectivity index (χ1n) is 5.45. The third-order valence-corrected chi connectivity index (χ3v) is 2.80. The van der Waals surface area contributed by atoms with Gasteiger partial charge in [-0.25, -0.2) is 9.79 Å². The number of carbonyl (C=O) groups excluding carboxylic acids is 1. The summed E-state index contributed by atoms with van der Waals surface area (Å²) in [6.07, 6.45) is 6.77. The standard InChI is InChI=1S/C14H10BrNO3/c1-3-6-18-13-5-4-11(15)7-10(13)8-12-14(17)19-9(2)16-12/h1,4-5,7-8H,6H2,2H3/b12-8+. The van der Waals surface area contributed by atoms with Crippen LogP contribution in [-0.4, -0.2) is 18.5 Å². The van der Waals surface area contributed by atoms with E-state index in [-0.39, 0.29) is 12.3 Å². The van der Waals surface area contributed by atoms with Crippen molar-refractivity contribution in [2.75, 3.05) is 6.61 Å².